The summed E-state index contributed by atoms with van der Waals surface area (Å²) >= 11 is 0. The summed E-state index contributed by atoms with van der Waals surface area (Å²) in [6.07, 6.45) is 3.94. The van der Waals surface area contributed by atoms with Crippen molar-refractivity contribution in [2.75, 3.05) is 26.3 Å². The van der Waals surface area contributed by atoms with Gasteiger partial charge >= 0.3 is 0 Å². The van der Waals surface area contributed by atoms with Gasteiger partial charge in [-0.2, -0.15) is 0 Å². The Kier molecular flexibility index (Phi) is 5.94. The molecule has 0 saturated carbocycles. The fourth-order valence-electron chi connectivity index (χ4n) is 3.89. The number of morpholine rings is 1. The highest BCUT2D eigenvalue weighted by Gasteiger charge is 2.30. The number of benzene rings is 2. The molecule has 30 heavy (non-hydrogen) atoms. The molecular formula is C22H21F4NO3. The molecule has 1 aliphatic heterocycles. The lowest BCUT2D eigenvalue weighted by molar-refractivity contribution is -0.0402. The largest absolute Gasteiger partial charge is 0.491 e. The molecule has 0 aromatic heterocycles. The molecule has 8 heteroatoms. The molecule has 1 aliphatic carbocycles. The van der Waals surface area contributed by atoms with Crippen LogP contribution in [0.5, 0.6) is 5.75 Å². The predicted molar refractivity (Wildman–Crippen MR) is 100 cm³/mol. The van der Waals surface area contributed by atoms with Gasteiger partial charge in [0.05, 0.1) is 18.7 Å². The van der Waals surface area contributed by atoms with Crippen molar-refractivity contribution < 1.29 is 31.8 Å². The average Bonchev–Trinajstić information content (AvgIpc) is 2.78. The maximum atomic E-state index is 14.0. The predicted octanol–water partition coefficient (Wildman–Crippen LogP) is 4.04. The number of carbonyl (C=O) groups is 1. The lowest BCUT2D eigenvalue weighted by Gasteiger charge is -2.33. The summed E-state index contributed by atoms with van der Waals surface area (Å²) in [4.78, 5) is 13.8. The van der Waals surface area contributed by atoms with Crippen LogP contribution < -0.4 is 4.74 Å². The Morgan fingerprint density at radius 2 is 1.80 bits per heavy atom. The number of rotatable bonds is 4. The zero-order chi connectivity index (χ0) is 21.3. The van der Waals surface area contributed by atoms with Crippen LogP contribution in [0.15, 0.2) is 24.3 Å². The third kappa shape index (κ3) is 4.14. The molecule has 4 nitrogen and oxygen atoms in total. The Morgan fingerprint density at radius 1 is 1.03 bits per heavy atom. The Labute approximate surface area is 171 Å². The van der Waals surface area contributed by atoms with E-state index in [1.807, 2.05) is 12.1 Å². The van der Waals surface area contributed by atoms with E-state index in [9.17, 15) is 22.4 Å². The molecule has 2 aliphatic rings. The highest BCUT2D eigenvalue weighted by Crippen LogP contribution is 2.26. The van der Waals surface area contributed by atoms with Gasteiger partial charge in [0, 0.05) is 6.54 Å². The summed E-state index contributed by atoms with van der Waals surface area (Å²) in [6, 6.07) is 6.35. The van der Waals surface area contributed by atoms with Crippen LogP contribution >= 0.6 is 0 Å². The second kappa shape index (κ2) is 8.63. The van der Waals surface area contributed by atoms with Crippen LogP contribution in [0, 0.1) is 23.3 Å². The van der Waals surface area contributed by atoms with Crippen LogP contribution in [0.2, 0.25) is 0 Å². The zero-order valence-electron chi connectivity index (χ0n) is 16.2. The van der Waals surface area contributed by atoms with E-state index in [1.165, 1.54) is 22.4 Å². The first-order valence-corrected chi connectivity index (χ1v) is 9.92. The number of carbonyl (C=O) groups excluding carboxylic acids is 1. The fraction of sp³-hybridized carbons (Fsp3) is 0.409. The smallest absolute Gasteiger partial charge is 0.257 e. The Bertz CT molecular complexity index is 966. The van der Waals surface area contributed by atoms with Crippen LogP contribution in [0.4, 0.5) is 17.6 Å². The van der Waals surface area contributed by atoms with Crippen molar-refractivity contribution in [1.29, 1.82) is 0 Å². The summed E-state index contributed by atoms with van der Waals surface area (Å²) in [6.45, 7) is 0.507. The van der Waals surface area contributed by atoms with Crippen molar-refractivity contribution in [3.63, 3.8) is 0 Å². The Hall–Kier alpha value is -2.61. The molecule has 4 rings (SSSR count). The summed E-state index contributed by atoms with van der Waals surface area (Å²) in [5.41, 5.74) is 1.76. The van der Waals surface area contributed by atoms with E-state index in [0.29, 0.717) is 11.8 Å². The second-order valence-corrected chi connectivity index (χ2v) is 7.54. The number of nitrogens with zero attached hydrogens (tertiary/aromatic N) is 1. The third-order valence-electron chi connectivity index (χ3n) is 5.51. The van der Waals surface area contributed by atoms with Gasteiger partial charge in [-0.25, -0.2) is 17.6 Å². The van der Waals surface area contributed by atoms with Gasteiger partial charge in [-0.15, -0.1) is 0 Å². The van der Waals surface area contributed by atoms with Crippen LogP contribution in [0.3, 0.4) is 0 Å². The molecule has 2 aromatic carbocycles. The maximum absolute atomic E-state index is 14.0. The number of hydrogen-bond donors (Lipinski definition) is 0. The van der Waals surface area contributed by atoms with E-state index in [1.54, 1.807) is 0 Å². The minimum Gasteiger partial charge on any atom is -0.491 e. The second-order valence-electron chi connectivity index (χ2n) is 7.54. The van der Waals surface area contributed by atoms with Crippen molar-refractivity contribution in [3.05, 3.63) is 64.2 Å². The SMILES string of the molecule is O=C(c1cc(F)c(F)c(F)c1F)N1CCOC(COc2ccc3c(c2)CCCC3)C1. The first-order valence-electron chi connectivity index (χ1n) is 9.92. The zero-order valence-corrected chi connectivity index (χ0v) is 16.2. The number of fused-ring (bicyclic) bond motifs is 1. The highest BCUT2D eigenvalue weighted by molar-refractivity contribution is 5.94. The quantitative estimate of drug-likeness (QED) is 0.423. The Balaban J connectivity index is 1.41. The van der Waals surface area contributed by atoms with E-state index in [2.05, 4.69) is 6.07 Å². The van der Waals surface area contributed by atoms with Crippen molar-refractivity contribution in [3.8, 4) is 5.75 Å². The maximum Gasteiger partial charge on any atom is 0.257 e. The lowest BCUT2D eigenvalue weighted by atomic mass is 9.92. The monoisotopic (exact) mass is 423 g/mol. The molecule has 0 bridgehead atoms. The van der Waals surface area contributed by atoms with Crippen molar-refractivity contribution in [1.82, 2.24) is 4.90 Å². The Morgan fingerprint density at radius 3 is 2.60 bits per heavy atom. The number of amides is 1. The normalized spacial score (nSPS) is 18.8. The van der Waals surface area contributed by atoms with E-state index in [-0.39, 0.29) is 26.3 Å². The van der Waals surface area contributed by atoms with Crippen molar-refractivity contribution in [2.24, 2.45) is 0 Å². The van der Waals surface area contributed by atoms with E-state index in [0.717, 1.165) is 19.3 Å². The third-order valence-corrected chi connectivity index (χ3v) is 5.51. The topological polar surface area (TPSA) is 38.8 Å². The lowest BCUT2D eigenvalue weighted by Crippen LogP contribution is -2.48. The molecule has 1 unspecified atom stereocenters. The number of hydrogen-bond acceptors (Lipinski definition) is 3. The number of aryl methyl sites for hydroxylation is 2. The van der Waals surface area contributed by atoms with Gasteiger partial charge in [-0.1, -0.05) is 6.07 Å². The minimum atomic E-state index is -2.00. The standard InChI is InChI=1S/C22H21F4NO3/c23-18-10-17(19(24)21(26)20(18)25)22(28)27-7-8-29-16(11-27)12-30-15-6-5-13-3-1-2-4-14(13)9-15/h5-6,9-10,16H,1-4,7-8,11-12H2. The summed E-state index contributed by atoms with van der Waals surface area (Å²) < 4.78 is 65.5. The summed E-state index contributed by atoms with van der Waals surface area (Å²) in [5, 5.41) is 0. The molecule has 0 spiro atoms. The molecule has 2 aromatic rings. The summed E-state index contributed by atoms with van der Waals surface area (Å²) in [5.74, 6) is -7.48. The highest BCUT2D eigenvalue weighted by atomic mass is 19.2. The number of halogens is 4. The van der Waals surface area contributed by atoms with E-state index in [4.69, 9.17) is 9.47 Å². The van der Waals surface area contributed by atoms with Gasteiger partial charge in [-0.05, 0) is 55.0 Å². The molecule has 160 valence electrons. The van der Waals surface area contributed by atoms with Crippen LogP contribution in [-0.4, -0.2) is 43.2 Å². The van der Waals surface area contributed by atoms with E-state index >= 15 is 0 Å². The average molecular weight is 423 g/mol. The summed E-state index contributed by atoms with van der Waals surface area (Å²) in [7, 11) is 0. The molecule has 1 atom stereocenters. The van der Waals surface area contributed by atoms with Gasteiger partial charge in [0.2, 0.25) is 0 Å². The van der Waals surface area contributed by atoms with Crippen molar-refractivity contribution >= 4 is 5.91 Å². The van der Waals surface area contributed by atoms with Crippen LogP contribution in [0.1, 0.15) is 34.3 Å². The first kappa shape index (κ1) is 20.7. The van der Waals surface area contributed by atoms with Gasteiger partial charge in [0.25, 0.3) is 5.91 Å². The first-order chi connectivity index (χ1) is 14.4. The molecule has 0 radical (unpaired) electrons. The van der Waals surface area contributed by atoms with Crippen molar-refractivity contribution in [2.45, 2.75) is 31.8 Å². The molecule has 1 fully saturated rings. The molecule has 1 heterocycles. The molecule has 0 N–H and O–H groups in total. The molecule has 1 saturated heterocycles. The fourth-order valence-corrected chi connectivity index (χ4v) is 3.89. The molecule has 1 amide bonds. The van der Waals surface area contributed by atoms with Crippen LogP contribution in [-0.2, 0) is 17.6 Å². The van der Waals surface area contributed by atoms with Gasteiger partial charge in [0.15, 0.2) is 23.3 Å². The van der Waals surface area contributed by atoms with Gasteiger partial charge in [0.1, 0.15) is 18.5 Å². The molecular weight excluding hydrogens is 402 g/mol. The van der Waals surface area contributed by atoms with Gasteiger partial charge in [-0.3, -0.25) is 4.79 Å². The van der Waals surface area contributed by atoms with Crippen LogP contribution in [0.25, 0.3) is 0 Å². The number of ether oxygens (including phenoxy) is 2. The van der Waals surface area contributed by atoms with Gasteiger partial charge < -0.3 is 14.4 Å². The minimum absolute atomic E-state index is 0.0594. The van der Waals surface area contributed by atoms with E-state index < -0.39 is 40.8 Å².